The molecule has 306 valence electrons. The van der Waals surface area contributed by atoms with Crippen LogP contribution in [-0.2, 0) is 26.2 Å². The molecule has 2 aliphatic heterocycles. The summed E-state index contributed by atoms with van der Waals surface area (Å²) in [7, 11) is 1.72. The van der Waals surface area contributed by atoms with E-state index in [9.17, 15) is 19.5 Å². The number of benzene rings is 4. The van der Waals surface area contributed by atoms with Gasteiger partial charge >= 0.3 is 0 Å². The summed E-state index contributed by atoms with van der Waals surface area (Å²) in [6.45, 7) is 7.48. The molecule has 6 aromatic rings. The number of nitrogens with zero attached hydrogens (tertiary/aromatic N) is 4. The van der Waals surface area contributed by atoms with Gasteiger partial charge in [-0.3, -0.25) is 33.6 Å². The lowest BCUT2D eigenvalue weighted by atomic mass is 9.51. The number of rotatable bonds is 6. The number of aryl methyl sites for hydroxylation is 4. The summed E-state index contributed by atoms with van der Waals surface area (Å²) in [5.74, 6) is -4.56. The molecule has 2 saturated heterocycles. The number of aromatic nitrogens is 2. The summed E-state index contributed by atoms with van der Waals surface area (Å²) in [6, 6.07) is 26.7. The number of ketones is 1. The number of hydrogen-bond donors (Lipinski definition) is 1. The quantitative estimate of drug-likeness (QED) is 0.101. The zero-order valence-corrected chi connectivity index (χ0v) is 35.7. The maximum absolute atomic E-state index is 15.3. The third kappa shape index (κ3) is 5.66. The van der Waals surface area contributed by atoms with Crippen molar-refractivity contribution in [3.63, 3.8) is 0 Å². The van der Waals surface area contributed by atoms with Crippen LogP contribution in [0.3, 0.4) is 0 Å². The number of phenolic OH excluding ortho intramolecular Hbond substituents is 1. The van der Waals surface area contributed by atoms with Gasteiger partial charge in [0.15, 0.2) is 5.78 Å². The van der Waals surface area contributed by atoms with Gasteiger partial charge in [0, 0.05) is 39.9 Å². The van der Waals surface area contributed by atoms with Gasteiger partial charge in [0.25, 0.3) is 0 Å². The first-order valence-corrected chi connectivity index (χ1v) is 21.6. The molecule has 2 aromatic heterocycles. The predicted octanol–water partition coefficient (Wildman–Crippen LogP) is 9.25. The number of halogens is 1. The number of thiophene rings is 1. The molecule has 0 radical (unpaired) electrons. The Morgan fingerprint density at radius 2 is 1.52 bits per heavy atom. The molecule has 10 nitrogen and oxygen atoms in total. The van der Waals surface area contributed by atoms with Crippen molar-refractivity contribution in [2.24, 2.45) is 36.1 Å². The summed E-state index contributed by atoms with van der Waals surface area (Å²) in [5, 5.41) is 17.3. The molecular weight excluding hydrogens is 808 g/mol. The highest BCUT2D eigenvalue weighted by atomic mass is 35.5. The maximum Gasteiger partial charge on any atom is 0.242 e. The number of amides is 4. The summed E-state index contributed by atoms with van der Waals surface area (Å²) in [6.07, 6.45) is 2.49. The molecule has 0 spiro atoms. The zero-order chi connectivity index (χ0) is 42.8. The molecule has 3 fully saturated rings. The number of allylic oxidation sites excluding steroid dienone is 2. The number of fused-ring (bicyclic) bond motifs is 5. The number of carbonyl (C=O) groups excluding carboxylic acids is 5. The second kappa shape index (κ2) is 13.9. The molecule has 12 heteroatoms. The number of carbonyl (C=O) groups is 5. The molecule has 4 aromatic carbocycles. The smallest absolute Gasteiger partial charge is 0.242 e. The van der Waals surface area contributed by atoms with Crippen LogP contribution in [0.25, 0.3) is 20.7 Å². The van der Waals surface area contributed by atoms with Crippen molar-refractivity contribution in [1.29, 1.82) is 0 Å². The summed E-state index contributed by atoms with van der Waals surface area (Å²) < 4.78 is 2.62. The van der Waals surface area contributed by atoms with Crippen molar-refractivity contribution >= 4 is 73.9 Å². The first-order valence-electron chi connectivity index (χ1n) is 20.4. The van der Waals surface area contributed by atoms with Crippen LogP contribution in [0.2, 0.25) is 5.02 Å². The molecule has 61 heavy (non-hydrogen) atoms. The molecule has 6 atom stereocenters. The van der Waals surface area contributed by atoms with Crippen LogP contribution in [0.5, 0.6) is 5.75 Å². The zero-order valence-electron chi connectivity index (χ0n) is 34.1. The van der Waals surface area contributed by atoms with E-state index in [1.807, 2.05) is 70.2 Å². The van der Waals surface area contributed by atoms with Crippen LogP contribution in [-0.4, -0.2) is 44.3 Å². The van der Waals surface area contributed by atoms with Crippen molar-refractivity contribution in [3.05, 3.63) is 141 Å². The molecule has 4 aliphatic rings. The van der Waals surface area contributed by atoms with E-state index in [0.717, 1.165) is 31.7 Å². The van der Waals surface area contributed by atoms with Crippen molar-refractivity contribution < 1.29 is 29.1 Å². The number of imide groups is 2. The monoisotopic (exact) mass is 848 g/mol. The Hall–Kier alpha value is -6.17. The van der Waals surface area contributed by atoms with E-state index in [0.29, 0.717) is 44.5 Å². The van der Waals surface area contributed by atoms with Crippen LogP contribution in [0.4, 0.5) is 11.5 Å². The maximum atomic E-state index is 15.3. The first-order chi connectivity index (χ1) is 29.2. The normalized spacial score (nSPS) is 24.6. The van der Waals surface area contributed by atoms with E-state index in [1.54, 1.807) is 77.7 Å². The van der Waals surface area contributed by atoms with Gasteiger partial charge in [-0.2, -0.15) is 5.10 Å². The number of hydrogen-bond acceptors (Lipinski definition) is 8. The van der Waals surface area contributed by atoms with E-state index in [2.05, 4.69) is 0 Å². The van der Waals surface area contributed by atoms with Gasteiger partial charge in [-0.1, -0.05) is 65.7 Å². The third-order valence-corrected chi connectivity index (χ3v) is 15.3. The van der Waals surface area contributed by atoms with Gasteiger partial charge in [0.05, 0.1) is 33.7 Å². The molecule has 1 saturated carbocycles. The third-order valence-electron chi connectivity index (χ3n) is 13.8. The van der Waals surface area contributed by atoms with Crippen LogP contribution < -0.4 is 9.80 Å². The molecule has 4 amide bonds. The molecule has 6 unspecified atom stereocenters. The highest BCUT2D eigenvalue weighted by Gasteiger charge is 2.68. The lowest BCUT2D eigenvalue weighted by Crippen LogP contribution is -2.49. The highest BCUT2D eigenvalue weighted by Crippen LogP contribution is 2.64. The van der Waals surface area contributed by atoms with Crippen LogP contribution in [0, 0.1) is 49.9 Å². The Morgan fingerprint density at radius 3 is 2.23 bits per heavy atom. The Balaban J connectivity index is 1.04. The molecule has 10 rings (SSSR count). The second-order valence-corrected chi connectivity index (χ2v) is 18.6. The Kier molecular flexibility index (Phi) is 8.91. The van der Waals surface area contributed by atoms with Crippen LogP contribution >= 0.6 is 22.9 Å². The largest absolute Gasteiger partial charge is 0.507 e. The summed E-state index contributed by atoms with van der Waals surface area (Å²) >= 11 is 7.91. The Morgan fingerprint density at radius 1 is 0.836 bits per heavy atom. The van der Waals surface area contributed by atoms with Gasteiger partial charge in [-0.25, -0.2) is 4.90 Å². The van der Waals surface area contributed by atoms with Gasteiger partial charge < -0.3 is 5.11 Å². The van der Waals surface area contributed by atoms with Crippen molar-refractivity contribution in [1.82, 2.24) is 9.78 Å². The van der Waals surface area contributed by atoms with Gasteiger partial charge in [-0.05, 0) is 117 Å². The number of phenols is 1. The fraction of sp³-hybridized carbons (Fsp3) is 0.265. The van der Waals surface area contributed by atoms with E-state index < -0.39 is 35.0 Å². The van der Waals surface area contributed by atoms with Crippen molar-refractivity contribution in [3.8, 4) is 16.3 Å². The lowest BCUT2D eigenvalue weighted by Gasteiger charge is -2.49. The molecular formula is C49H41ClN4O6S. The SMILES string of the molecule is Cc1cc(C2C3=CCC4C(=O)N(c5ccc(C(=O)c6ccccc6)cc5)C(=O)C4C3CC3C(=O)N(c4cc(-c5sc6ccc(Cl)cc6c5C)nn4C)C(=O)C32C)cc(C)c1O. The van der Waals surface area contributed by atoms with Gasteiger partial charge in [0.1, 0.15) is 17.3 Å². The molecule has 1 N–H and O–H groups in total. The van der Waals surface area contributed by atoms with Gasteiger partial charge in [0.2, 0.25) is 23.6 Å². The first kappa shape index (κ1) is 39.0. The van der Waals surface area contributed by atoms with Crippen LogP contribution in [0.15, 0.2) is 103 Å². The summed E-state index contributed by atoms with van der Waals surface area (Å²) in [4.78, 5) is 75.9. The number of anilines is 2. The standard InChI is InChI=1S/C49H41ClN4O6S/c1-24-19-29(20-25(2)42(24)55)41-32-16-17-33-40(47(59)53(45(33)57)31-14-11-28(12-15-31)43(56)27-9-7-6-8-10-27)35(32)22-36-46(58)54(48(60)49(36,41)4)39-23-37(51-52(39)5)44-26(3)34-21-30(50)13-18-38(34)61-44/h6-16,18-21,23,33,35-36,40-41,55H,17,22H2,1-5H3. The van der Waals surface area contributed by atoms with Gasteiger partial charge in [-0.15, -0.1) is 11.3 Å². The molecule has 0 bridgehead atoms. The summed E-state index contributed by atoms with van der Waals surface area (Å²) in [5.41, 5.74) is 4.56. The predicted molar refractivity (Wildman–Crippen MR) is 235 cm³/mol. The fourth-order valence-corrected chi connectivity index (χ4v) is 12.1. The van der Waals surface area contributed by atoms with Crippen LogP contribution in [0.1, 0.15) is 63.9 Å². The van der Waals surface area contributed by atoms with E-state index >= 15 is 9.59 Å². The Bertz CT molecular complexity index is 2930. The average Bonchev–Trinajstić information content (AvgIpc) is 3.92. The minimum Gasteiger partial charge on any atom is -0.507 e. The number of aromatic hydroxyl groups is 1. The molecule has 4 heterocycles. The van der Waals surface area contributed by atoms with E-state index in [4.69, 9.17) is 16.7 Å². The fourth-order valence-electron chi connectivity index (χ4n) is 10.8. The highest BCUT2D eigenvalue weighted by molar-refractivity contribution is 7.22. The Labute approximate surface area is 361 Å². The van der Waals surface area contributed by atoms with E-state index in [-0.39, 0.29) is 48.0 Å². The topological polar surface area (TPSA) is 130 Å². The average molecular weight is 849 g/mol. The minimum atomic E-state index is -1.27. The lowest BCUT2D eigenvalue weighted by molar-refractivity contribution is -0.131. The molecule has 2 aliphatic carbocycles. The van der Waals surface area contributed by atoms with E-state index in [1.165, 1.54) is 9.80 Å². The van der Waals surface area contributed by atoms with Crippen molar-refractivity contribution in [2.75, 3.05) is 9.80 Å². The minimum absolute atomic E-state index is 0.149. The van der Waals surface area contributed by atoms with Crippen molar-refractivity contribution in [2.45, 2.75) is 46.5 Å². The second-order valence-electron chi connectivity index (χ2n) is 17.1.